The van der Waals surface area contributed by atoms with Crippen LogP contribution in [0.2, 0.25) is 0 Å². The van der Waals surface area contributed by atoms with Crippen LogP contribution < -0.4 is 0 Å². The number of ether oxygens (including phenoxy) is 1. The number of carbonyl (C=O) groups excluding carboxylic acids is 1. The topological polar surface area (TPSA) is 68.5 Å². The van der Waals surface area contributed by atoms with E-state index < -0.39 is 0 Å². The molecule has 1 saturated heterocycles. The molecule has 3 rings (SSSR count). The first-order chi connectivity index (χ1) is 11.6. The van der Waals surface area contributed by atoms with Gasteiger partial charge in [0.25, 0.3) is 0 Å². The van der Waals surface area contributed by atoms with Crippen LogP contribution in [0.1, 0.15) is 49.2 Å². The van der Waals surface area contributed by atoms with Crippen molar-refractivity contribution < 1.29 is 14.1 Å². The minimum Gasteiger partial charge on any atom is -0.377 e. The molecule has 2 heterocycles. The van der Waals surface area contributed by atoms with E-state index in [4.69, 9.17) is 9.26 Å². The van der Waals surface area contributed by atoms with Crippen LogP contribution in [0.25, 0.3) is 0 Å². The van der Waals surface area contributed by atoms with Gasteiger partial charge >= 0.3 is 0 Å². The lowest BCUT2D eigenvalue weighted by molar-refractivity contribution is -0.140. The first-order valence-electron chi connectivity index (χ1n) is 8.37. The highest BCUT2D eigenvalue weighted by molar-refractivity contribution is 5.77. The molecule has 1 fully saturated rings. The number of aromatic nitrogens is 2. The molecule has 1 aromatic heterocycles. The highest BCUT2D eigenvalue weighted by atomic mass is 16.5. The van der Waals surface area contributed by atoms with E-state index in [0.29, 0.717) is 37.9 Å². The van der Waals surface area contributed by atoms with Crippen molar-refractivity contribution in [3.8, 4) is 0 Å². The third-order valence-electron chi connectivity index (χ3n) is 4.40. The molecule has 128 valence electrons. The van der Waals surface area contributed by atoms with Crippen LogP contribution in [0.5, 0.6) is 0 Å². The van der Waals surface area contributed by atoms with Gasteiger partial charge in [0.05, 0.1) is 13.2 Å². The van der Waals surface area contributed by atoms with Crippen molar-refractivity contribution in [2.45, 2.75) is 38.6 Å². The van der Waals surface area contributed by atoms with E-state index in [1.165, 1.54) is 17.5 Å². The summed E-state index contributed by atoms with van der Waals surface area (Å²) < 4.78 is 10.3. The maximum absolute atomic E-state index is 12.6. The number of amides is 1. The van der Waals surface area contributed by atoms with Crippen LogP contribution in [-0.2, 0) is 16.0 Å². The van der Waals surface area contributed by atoms with Crippen molar-refractivity contribution in [2.24, 2.45) is 0 Å². The van der Waals surface area contributed by atoms with Gasteiger partial charge in [0, 0.05) is 13.0 Å². The van der Waals surface area contributed by atoms with Crippen molar-refractivity contribution in [1.29, 1.82) is 0 Å². The minimum atomic E-state index is -0.256. The van der Waals surface area contributed by atoms with E-state index in [2.05, 4.69) is 48.3 Å². The van der Waals surface area contributed by atoms with Crippen LogP contribution in [0.15, 0.2) is 35.2 Å². The molecule has 1 aliphatic heterocycles. The van der Waals surface area contributed by atoms with Gasteiger partial charge < -0.3 is 14.2 Å². The van der Waals surface area contributed by atoms with Crippen LogP contribution >= 0.6 is 0 Å². The zero-order chi connectivity index (χ0) is 16.9. The molecule has 1 atom stereocenters. The molecule has 0 spiro atoms. The average Bonchev–Trinajstić information content (AvgIpc) is 3.14. The Bertz CT molecular complexity index is 653. The number of nitrogens with zero attached hydrogens (tertiary/aromatic N) is 3. The average molecular weight is 329 g/mol. The summed E-state index contributed by atoms with van der Waals surface area (Å²) >= 11 is 0. The van der Waals surface area contributed by atoms with Gasteiger partial charge in [-0.2, -0.15) is 4.98 Å². The number of morpholine rings is 1. The number of carbonyl (C=O) groups is 1. The van der Waals surface area contributed by atoms with Crippen LogP contribution in [0.4, 0.5) is 0 Å². The minimum absolute atomic E-state index is 0.0982. The van der Waals surface area contributed by atoms with Crippen LogP contribution in [-0.4, -0.2) is 40.7 Å². The number of hydrogen-bond acceptors (Lipinski definition) is 5. The summed E-state index contributed by atoms with van der Waals surface area (Å²) in [5.74, 6) is 1.12. The largest absolute Gasteiger partial charge is 0.377 e. The summed E-state index contributed by atoms with van der Waals surface area (Å²) in [6.45, 7) is 5.87. The fourth-order valence-corrected chi connectivity index (χ4v) is 2.91. The summed E-state index contributed by atoms with van der Waals surface area (Å²) in [6.07, 6.45) is 2.48. The molecule has 0 N–H and O–H groups in total. The third kappa shape index (κ3) is 3.82. The molecule has 0 bridgehead atoms. The van der Waals surface area contributed by atoms with Crippen molar-refractivity contribution >= 4 is 5.91 Å². The molecule has 0 unspecified atom stereocenters. The second-order valence-electron chi connectivity index (χ2n) is 6.36. The van der Waals surface area contributed by atoms with Gasteiger partial charge in [-0.25, -0.2) is 0 Å². The van der Waals surface area contributed by atoms with E-state index in [-0.39, 0.29) is 11.9 Å². The molecule has 0 aliphatic carbocycles. The van der Waals surface area contributed by atoms with Crippen molar-refractivity contribution in [2.75, 3.05) is 19.8 Å². The quantitative estimate of drug-likeness (QED) is 0.843. The van der Waals surface area contributed by atoms with Crippen LogP contribution in [0.3, 0.4) is 0 Å². The Labute approximate surface area is 141 Å². The number of aryl methyl sites for hydroxylation is 1. The van der Waals surface area contributed by atoms with E-state index in [1.54, 1.807) is 4.90 Å². The van der Waals surface area contributed by atoms with Crippen molar-refractivity contribution in [1.82, 2.24) is 15.0 Å². The van der Waals surface area contributed by atoms with E-state index in [0.717, 1.165) is 6.42 Å². The number of hydrogen-bond donors (Lipinski definition) is 0. The molecule has 6 heteroatoms. The second-order valence-corrected chi connectivity index (χ2v) is 6.36. The molecule has 2 aromatic rings. The molecule has 0 saturated carbocycles. The van der Waals surface area contributed by atoms with Crippen molar-refractivity contribution in [3.63, 3.8) is 0 Å². The molecular weight excluding hydrogens is 306 g/mol. The molecule has 24 heavy (non-hydrogen) atoms. The first kappa shape index (κ1) is 16.6. The summed E-state index contributed by atoms with van der Waals surface area (Å²) in [5, 5.41) is 3.86. The molecular formula is C18H23N3O3. The summed E-state index contributed by atoms with van der Waals surface area (Å²) in [4.78, 5) is 18.5. The Morgan fingerprint density at radius 1 is 1.33 bits per heavy atom. The standard InChI is InChI=1S/C18H23N3O3/c1-13(2)15-6-3-14(4-7-15)5-8-17(22)21-9-10-23-11-16(21)18-19-12-24-20-18/h3-4,6-7,12-13,16H,5,8-11H2,1-2H3/t16-/m0/s1. The zero-order valence-electron chi connectivity index (χ0n) is 14.1. The molecule has 1 amide bonds. The highest BCUT2D eigenvalue weighted by Gasteiger charge is 2.31. The summed E-state index contributed by atoms with van der Waals surface area (Å²) in [7, 11) is 0. The molecule has 1 aliphatic rings. The third-order valence-corrected chi connectivity index (χ3v) is 4.40. The Hall–Kier alpha value is -2.21. The molecule has 1 aromatic carbocycles. The Balaban J connectivity index is 1.61. The van der Waals surface area contributed by atoms with Gasteiger partial charge in [-0.1, -0.05) is 43.3 Å². The predicted octanol–water partition coefficient (Wildman–Crippen LogP) is 2.73. The molecule has 0 radical (unpaired) electrons. The Morgan fingerprint density at radius 3 is 2.79 bits per heavy atom. The fraction of sp³-hybridized carbons (Fsp3) is 0.500. The maximum Gasteiger partial charge on any atom is 0.223 e. The lowest BCUT2D eigenvalue weighted by atomic mass is 10.00. The molecule has 6 nitrogen and oxygen atoms in total. The SMILES string of the molecule is CC(C)c1ccc(CCC(=O)N2CCOC[C@H]2c2ncon2)cc1. The lowest BCUT2D eigenvalue weighted by Gasteiger charge is -2.33. The van der Waals surface area contributed by atoms with Gasteiger partial charge in [-0.15, -0.1) is 0 Å². The Kier molecular flexibility index (Phi) is 5.25. The first-order valence-corrected chi connectivity index (χ1v) is 8.37. The van der Waals surface area contributed by atoms with Crippen molar-refractivity contribution in [3.05, 3.63) is 47.6 Å². The Morgan fingerprint density at radius 2 is 2.12 bits per heavy atom. The lowest BCUT2D eigenvalue weighted by Crippen LogP contribution is -2.43. The van der Waals surface area contributed by atoms with E-state index >= 15 is 0 Å². The van der Waals surface area contributed by atoms with E-state index in [9.17, 15) is 4.79 Å². The van der Waals surface area contributed by atoms with Gasteiger partial charge in [0.1, 0.15) is 6.04 Å². The van der Waals surface area contributed by atoms with Crippen LogP contribution in [0, 0.1) is 0 Å². The smallest absolute Gasteiger partial charge is 0.223 e. The number of rotatable bonds is 5. The normalized spacial score (nSPS) is 18.1. The van der Waals surface area contributed by atoms with E-state index in [1.807, 2.05) is 0 Å². The fourth-order valence-electron chi connectivity index (χ4n) is 2.91. The highest BCUT2D eigenvalue weighted by Crippen LogP contribution is 2.23. The zero-order valence-corrected chi connectivity index (χ0v) is 14.1. The monoisotopic (exact) mass is 329 g/mol. The maximum atomic E-state index is 12.6. The summed E-state index contributed by atoms with van der Waals surface area (Å²) in [5.41, 5.74) is 2.49. The summed E-state index contributed by atoms with van der Waals surface area (Å²) in [6, 6.07) is 8.24. The number of benzene rings is 1. The van der Waals surface area contributed by atoms with Gasteiger partial charge in [0.15, 0.2) is 5.82 Å². The predicted molar refractivity (Wildman–Crippen MR) is 88.4 cm³/mol. The van der Waals surface area contributed by atoms with Gasteiger partial charge in [-0.3, -0.25) is 4.79 Å². The van der Waals surface area contributed by atoms with Gasteiger partial charge in [-0.05, 0) is 23.5 Å². The second kappa shape index (κ2) is 7.57. The van der Waals surface area contributed by atoms with Gasteiger partial charge in [0.2, 0.25) is 12.3 Å².